The van der Waals surface area contributed by atoms with E-state index in [4.69, 9.17) is 4.55 Å². The molecule has 72 valence electrons. The second-order valence-electron chi connectivity index (χ2n) is 2.39. The Bertz CT molecular complexity index is 357. The number of non-ortho nitro benzene ring substituents is 1. The van der Waals surface area contributed by atoms with Crippen LogP contribution in [0.25, 0.3) is 0 Å². The van der Waals surface area contributed by atoms with Gasteiger partial charge in [0, 0.05) is 12.1 Å². The maximum absolute atomic E-state index is 10.4. The van der Waals surface area contributed by atoms with Crippen molar-refractivity contribution >= 4 is 46.3 Å². The first-order chi connectivity index (χ1) is 6.09. The molecule has 0 aliphatic carbocycles. The first-order valence-corrected chi connectivity index (χ1v) is 4.68. The zero-order chi connectivity index (χ0) is 9.84. The van der Waals surface area contributed by atoms with Crippen LogP contribution in [0.5, 0.6) is 0 Å². The van der Waals surface area contributed by atoms with E-state index in [1.165, 1.54) is 18.2 Å². The van der Waals surface area contributed by atoms with Crippen LogP contribution in [0.2, 0.25) is 0 Å². The summed E-state index contributed by atoms with van der Waals surface area (Å²) < 4.78 is 18.9. The molecule has 0 heterocycles. The van der Waals surface area contributed by atoms with E-state index in [9.17, 15) is 14.3 Å². The molecule has 0 saturated carbocycles. The fourth-order valence-electron chi connectivity index (χ4n) is 0.902. The predicted octanol–water partition coefficient (Wildman–Crippen LogP) is 0.668. The van der Waals surface area contributed by atoms with Gasteiger partial charge in [-0.2, -0.15) is 0 Å². The Hall–Kier alpha value is -0.270. The van der Waals surface area contributed by atoms with Gasteiger partial charge in [-0.15, -0.1) is 0 Å². The van der Waals surface area contributed by atoms with E-state index in [0.29, 0.717) is 5.56 Å². The first-order valence-electron chi connectivity index (χ1n) is 3.40. The Morgan fingerprint density at radius 2 is 2.14 bits per heavy atom. The molecule has 0 bridgehead atoms. The van der Waals surface area contributed by atoms with E-state index in [2.05, 4.69) is 0 Å². The van der Waals surface area contributed by atoms with E-state index in [-0.39, 0.29) is 41.0 Å². The molecule has 5 nitrogen and oxygen atoms in total. The Morgan fingerprint density at radius 1 is 1.50 bits per heavy atom. The van der Waals surface area contributed by atoms with Crippen LogP contribution in [0, 0.1) is 10.1 Å². The Labute approximate surface area is 105 Å². The summed E-state index contributed by atoms with van der Waals surface area (Å²) in [5, 5.41) is 10.3. The number of hydrogen-bond acceptors (Lipinski definition) is 3. The minimum atomic E-state index is -1.96. The van der Waals surface area contributed by atoms with Gasteiger partial charge in [0.2, 0.25) is 0 Å². The van der Waals surface area contributed by atoms with Gasteiger partial charge in [0.15, 0.2) is 11.1 Å². The van der Waals surface area contributed by atoms with Crippen molar-refractivity contribution in [2.24, 2.45) is 0 Å². The summed E-state index contributed by atoms with van der Waals surface area (Å²) in [5.41, 5.74) is 0.415. The quantitative estimate of drug-likeness (QED) is 0.355. The second kappa shape index (κ2) is 6.26. The summed E-state index contributed by atoms with van der Waals surface area (Å²) in [4.78, 5) is 9.77. The number of rotatable bonds is 3. The molecule has 0 saturated heterocycles. The Balaban J connectivity index is 0.00000169. The molecule has 1 aromatic rings. The fourth-order valence-corrected chi connectivity index (χ4v) is 1.37. The van der Waals surface area contributed by atoms with Gasteiger partial charge >= 0.3 is 29.6 Å². The summed E-state index contributed by atoms with van der Waals surface area (Å²) in [6.45, 7) is 0. The van der Waals surface area contributed by atoms with Crippen LogP contribution in [-0.2, 0) is 16.8 Å². The molecule has 0 radical (unpaired) electrons. The minimum absolute atomic E-state index is 0. The van der Waals surface area contributed by atoms with Crippen molar-refractivity contribution in [1.29, 1.82) is 0 Å². The van der Waals surface area contributed by atoms with Crippen LogP contribution < -0.4 is 0 Å². The van der Waals surface area contributed by atoms with Crippen LogP contribution in [-0.4, -0.2) is 43.2 Å². The third-order valence-electron chi connectivity index (χ3n) is 1.41. The molecule has 14 heavy (non-hydrogen) atoms. The molecule has 0 aromatic heterocycles. The molecule has 1 atom stereocenters. The van der Waals surface area contributed by atoms with E-state index in [1.807, 2.05) is 0 Å². The molecule has 1 aromatic carbocycles. The number of hydrogen-bond donors (Lipinski definition) is 1. The number of nitro groups is 1. The van der Waals surface area contributed by atoms with Crippen LogP contribution >= 0.6 is 0 Å². The average Bonchev–Trinajstić information content (AvgIpc) is 2.03. The molecule has 0 spiro atoms. The predicted molar refractivity (Wildman–Crippen MR) is 54.7 cm³/mol. The van der Waals surface area contributed by atoms with Crippen molar-refractivity contribution < 1.29 is 13.7 Å². The summed E-state index contributed by atoms with van der Waals surface area (Å²) in [6.07, 6.45) is 0. The van der Waals surface area contributed by atoms with Crippen LogP contribution in [0.1, 0.15) is 5.56 Å². The zero-order valence-electron chi connectivity index (χ0n) is 6.54. The van der Waals surface area contributed by atoms with Crippen LogP contribution in [0.3, 0.4) is 0 Å². The van der Waals surface area contributed by atoms with Gasteiger partial charge in [-0.05, 0) is 5.56 Å². The van der Waals surface area contributed by atoms with Crippen LogP contribution in [0.4, 0.5) is 5.69 Å². The summed E-state index contributed by atoms with van der Waals surface area (Å²) in [7, 11) is 0. The van der Waals surface area contributed by atoms with Crippen molar-refractivity contribution in [3.05, 3.63) is 39.9 Å². The number of nitrogens with zero attached hydrogens (tertiary/aromatic N) is 1. The van der Waals surface area contributed by atoms with E-state index in [1.54, 1.807) is 6.07 Å². The molecule has 7 heteroatoms. The molecule has 0 fully saturated rings. The van der Waals surface area contributed by atoms with Gasteiger partial charge in [-0.1, -0.05) is 12.1 Å². The van der Waals surface area contributed by atoms with Crippen LogP contribution in [0.15, 0.2) is 24.3 Å². The molecule has 1 N–H and O–H groups in total. The van der Waals surface area contributed by atoms with Crippen molar-refractivity contribution in [3.8, 4) is 0 Å². The van der Waals surface area contributed by atoms with Gasteiger partial charge < -0.3 is 4.55 Å². The first kappa shape index (κ1) is 13.7. The topological polar surface area (TPSA) is 80.4 Å². The van der Waals surface area contributed by atoms with Crippen molar-refractivity contribution in [3.63, 3.8) is 0 Å². The van der Waals surface area contributed by atoms with E-state index in [0.717, 1.165) is 0 Å². The van der Waals surface area contributed by atoms with Gasteiger partial charge in [0.05, 0.1) is 10.7 Å². The van der Waals surface area contributed by atoms with Crippen molar-refractivity contribution in [2.75, 3.05) is 0 Å². The Kier molecular flexibility index (Phi) is 6.14. The molecule has 1 rings (SSSR count). The van der Waals surface area contributed by atoms with Crippen molar-refractivity contribution in [1.82, 2.24) is 0 Å². The maximum atomic E-state index is 10.4. The van der Waals surface area contributed by atoms with Gasteiger partial charge in [-0.25, -0.2) is 4.21 Å². The number of benzene rings is 1. The van der Waals surface area contributed by atoms with E-state index >= 15 is 0 Å². The van der Waals surface area contributed by atoms with E-state index < -0.39 is 16.0 Å². The average molecular weight is 225 g/mol. The summed E-state index contributed by atoms with van der Waals surface area (Å²) in [6, 6.07) is 5.68. The SMILES string of the molecule is O=[N+]([O-])c1cccc(CS(=O)O)c1.[NaH]. The Morgan fingerprint density at radius 3 is 2.64 bits per heavy atom. The monoisotopic (exact) mass is 225 g/mol. The standard InChI is InChI=1S/C7H7NO4S.Na.H/c9-8(10)7-3-1-2-6(4-7)5-13(11)12;;/h1-4H,5H2,(H,11,12);;. The van der Waals surface area contributed by atoms with Gasteiger partial charge in [0.25, 0.3) is 5.69 Å². The normalized spacial score (nSPS) is 11.5. The molecular formula is C7H8NNaO4S. The molecular weight excluding hydrogens is 217 g/mol. The van der Waals surface area contributed by atoms with Gasteiger partial charge in [-0.3, -0.25) is 10.1 Å². The molecule has 0 aliphatic heterocycles. The second-order valence-corrected chi connectivity index (χ2v) is 3.32. The third kappa shape index (κ3) is 4.30. The summed E-state index contributed by atoms with van der Waals surface area (Å²) in [5.74, 6) is -0.0817. The van der Waals surface area contributed by atoms with Gasteiger partial charge in [0.1, 0.15) is 0 Å². The fraction of sp³-hybridized carbons (Fsp3) is 0.143. The molecule has 1 unspecified atom stereocenters. The summed E-state index contributed by atoms with van der Waals surface area (Å²) >= 11 is -1.96. The number of nitro benzene ring substituents is 1. The zero-order valence-corrected chi connectivity index (χ0v) is 7.36. The third-order valence-corrected chi connectivity index (χ3v) is 1.99. The molecule has 0 aliphatic rings. The van der Waals surface area contributed by atoms with Crippen molar-refractivity contribution in [2.45, 2.75) is 5.75 Å². The molecule has 0 amide bonds.